The SMILES string of the molecule is COc1ccc(C(Cl)Cc2ncc[nH]2)cc1Br. The molecule has 3 nitrogen and oxygen atoms in total. The molecule has 0 fully saturated rings. The van der Waals surface area contributed by atoms with Gasteiger partial charge in [0.25, 0.3) is 0 Å². The van der Waals surface area contributed by atoms with Gasteiger partial charge in [0, 0.05) is 18.8 Å². The second kappa shape index (κ2) is 5.56. The van der Waals surface area contributed by atoms with Crippen molar-refractivity contribution in [3.05, 3.63) is 46.5 Å². The highest BCUT2D eigenvalue weighted by atomic mass is 79.9. The van der Waals surface area contributed by atoms with E-state index in [0.29, 0.717) is 6.42 Å². The number of aromatic amines is 1. The number of halogens is 2. The van der Waals surface area contributed by atoms with E-state index in [9.17, 15) is 0 Å². The van der Waals surface area contributed by atoms with Crippen LogP contribution in [0.25, 0.3) is 0 Å². The van der Waals surface area contributed by atoms with Crippen LogP contribution in [0.1, 0.15) is 16.8 Å². The fourth-order valence-corrected chi connectivity index (χ4v) is 2.41. The molecule has 2 rings (SSSR count). The number of imidazole rings is 1. The summed E-state index contributed by atoms with van der Waals surface area (Å²) in [5.41, 5.74) is 1.04. The molecule has 1 heterocycles. The van der Waals surface area contributed by atoms with Crippen molar-refractivity contribution >= 4 is 27.5 Å². The number of rotatable bonds is 4. The zero-order valence-corrected chi connectivity index (χ0v) is 11.6. The average molecular weight is 316 g/mol. The van der Waals surface area contributed by atoms with E-state index in [4.69, 9.17) is 16.3 Å². The fraction of sp³-hybridized carbons (Fsp3) is 0.250. The summed E-state index contributed by atoms with van der Waals surface area (Å²) in [5, 5.41) is -0.108. The maximum Gasteiger partial charge on any atom is 0.133 e. The van der Waals surface area contributed by atoms with Crippen LogP contribution in [0.4, 0.5) is 0 Å². The van der Waals surface area contributed by atoms with Crippen LogP contribution in [-0.4, -0.2) is 17.1 Å². The van der Waals surface area contributed by atoms with Gasteiger partial charge in [-0.1, -0.05) is 6.07 Å². The molecule has 0 spiro atoms. The van der Waals surface area contributed by atoms with Crippen LogP contribution < -0.4 is 4.74 Å². The van der Waals surface area contributed by atoms with Gasteiger partial charge in [0.2, 0.25) is 0 Å². The molecular weight excluding hydrogens is 304 g/mol. The topological polar surface area (TPSA) is 37.9 Å². The minimum atomic E-state index is -0.108. The number of ether oxygens (including phenoxy) is 1. The predicted octanol–water partition coefficient (Wildman–Crippen LogP) is 3.70. The number of nitrogens with one attached hydrogen (secondary N) is 1. The van der Waals surface area contributed by atoms with Gasteiger partial charge in [0.1, 0.15) is 11.6 Å². The van der Waals surface area contributed by atoms with Crippen molar-refractivity contribution in [2.45, 2.75) is 11.8 Å². The summed E-state index contributed by atoms with van der Waals surface area (Å²) >= 11 is 9.79. The molecule has 1 aromatic heterocycles. The number of alkyl halides is 1. The first kappa shape index (κ1) is 12.5. The highest BCUT2D eigenvalue weighted by Crippen LogP contribution is 2.31. The molecule has 17 heavy (non-hydrogen) atoms. The van der Waals surface area contributed by atoms with Crippen molar-refractivity contribution in [3.63, 3.8) is 0 Å². The Labute approximate surface area is 113 Å². The molecule has 0 radical (unpaired) electrons. The zero-order valence-electron chi connectivity index (χ0n) is 9.28. The minimum absolute atomic E-state index is 0.108. The normalized spacial score (nSPS) is 12.4. The lowest BCUT2D eigenvalue weighted by molar-refractivity contribution is 0.412. The van der Waals surface area contributed by atoms with E-state index in [2.05, 4.69) is 25.9 Å². The molecule has 0 saturated heterocycles. The molecule has 5 heteroatoms. The molecule has 1 atom stereocenters. The van der Waals surface area contributed by atoms with Crippen LogP contribution in [0.15, 0.2) is 35.1 Å². The highest BCUT2D eigenvalue weighted by molar-refractivity contribution is 9.10. The number of hydrogen-bond donors (Lipinski definition) is 1. The van der Waals surface area contributed by atoms with E-state index in [1.54, 1.807) is 19.5 Å². The molecular formula is C12H12BrClN2O. The Hall–Kier alpha value is -1.00. The van der Waals surface area contributed by atoms with Gasteiger partial charge in [-0.2, -0.15) is 0 Å². The third kappa shape index (κ3) is 3.01. The van der Waals surface area contributed by atoms with Crippen LogP contribution in [0.2, 0.25) is 0 Å². The molecule has 0 bridgehead atoms. The number of hydrogen-bond acceptors (Lipinski definition) is 2. The molecule has 0 saturated carbocycles. The first-order chi connectivity index (χ1) is 8.20. The van der Waals surface area contributed by atoms with Crippen molar-refractivity contribution < 1.29 is 4.74 Å². The molecule has 1 unspecified atom stereocenters. The van der Waals surface area contributed by atoms with E-state index < -0.39 is 0 Å². The molecule has 1 N–H and O–H groups in total. The van der Waals surface area contributed by atoms with Gasteiger partial charge in [0.15, 0.2) is 0 Å². The van der Waals surface area contributed by atoms with Gasteiger partial charge in [-0.05, 0) is 33.6 Å². The van der Waals surface area contributed by atoms with Crippen molar-refractivity contribution in [2.24, 2.45) is 0 Å². The summed E-state index contributed by atoms with van der Waals surface area (Å²) < 4.78 is 6.08. The molecule has 1 aromatic carbocycles. The number of H-pyrrole nitrogens is 1. The average Bonchev–Trinajstić information content (AvgIpc) is 2.81. The first-order valence-electron chi connectivity index (χ1n) is 5.16. The Morgan fingerprint density at radius 2 is 2.35 bits per heavy atom. The van der Waals surface area contributed by atoms with Gasteiger partial charge in [-0.25, -0.2) is 4.98 Å². The van der Waals surface area contributed by atoms with Crippen LogP contribution in [0, 0.1) is 0 Å². The van der Waals surface area contributed by atoms with E-state index in [0.717, 1.165) is 21.6 Å². The largest absolute Gasteiger partial charge is 0.496 e. The Bertz CT molecular complexity index is 487. The zero-order chi connectivity index (χ0) is 12.3. The lowest BCUT2D eigenvalue weighted by Crippen LogP contribution is -1.98. The third-order valence-electron chi connectivity index (χ3n) is 2.46. The summed E-state index contributed by atoms with van der Waals surface area (Å²) in [6.07, 6.45) is 4.19. The summed E-state index contributed by atoms with van der Waals surface area (Å²) in [6, 6.07) is 5.83. The number of nitrogens with zero attached hydrogens (tertiary/aromatic N) is 1. The van der Waals surface area contributed by atoms with Crippen molar-refractivity contribution in [1.82, 2.24) is 9.97 Å². The molecule has 0 aliphatic rings. The maximum atomic E-state index is 6.34. The standard InChI is InChI=1S/C12H12BrClN2O/c1-17-11-3-2-8(6-9(11)13)10(14)7-12-15-4-5-16-12/h2-6,10H,7H2,1H3,(H,15,16). The Balaban J connectivity index is 2.14. The van der Waals surface area contributed by atoms with E-state index in [-0.39, 0.29) is 5.38 Å². The van der Waals surface area contributed by atoms with Gasteiger partial charge in [-0.3, -0.25) is 0 Å². The smallest absolute Gasteiger partial charge is 0.133 e. The summed E-state index contributed by atoms with van der Waals surface area (Å²) in [4.78, 5) is 7.20. The van der Waals surface area contributed by atoms with Gasteiger partial charge in [-0.15, -0.1) is 11.6 Å². The lowest BCUT2D eigenvalue weighted by Gasteiger charge is -2.10. The van der Waals surface area contributed by atoms with E-state index in [1.165, 1.54) is 0 Å². The number of methoxy groups -OCH3 is 1. The molecule has 0 aliphatic heterocycles. The van der Waals surface area contributed by atoms with Crippen LogP contribution >= 0.6 is 27.5 Å². The van der Waals surface area contributed by atoms with Crippen molar-refractivity contribution in [2.75, 3.05) is 7.11 Å². The Morgan fingerprint density at radius 3 is 2.94 bits per heavy atom. The van der Waals surface area contributed by atoms with Crippen LogP contribution in [-0.2, 0) is 6.42 Å². The van der Waals surface area contributed by atoms with Gasteiger partial charge < -0.3 is 9.72 Å². The quantitative estimate of drug-likeness (QED) is 0.874. The van der Waals surface area contributed by atoms with E-state index in [1.807, 2.05) is 18.2 Å². The molecule has 90 valence electrons. The van der Waals surface area contributed by atoms with E-state index >= 15 is 0 Å². The second-order valence-corrected chi connectivity index (χ2v) is 4.98. The van der Waals surface area contributed by atoms with Crippen molar-refractivity contribution in [1.29, 1.82) is 0 Å². The molecule has 2 aromatic rings. The molecule has 0 amide bonds. The van der Waals surface area contributed by atoms with Gasteiger partial charge >= 0.3 is 0 Å². The maximum absolute atomic E-state index is 6.34. The van der Waals surface area contributed by atoms with Crippen LogP contribution in [0.3, 0.4) is 0 Å². The van der Waals surface area contributed by atoms with Gasteiger partial charge in [0.05, 0.1) is 17.0 Å². The highest BCUT2D eigenvalue weighted by Gasteiger charge is 2.12. The Morgan fingerprint density at radius 1 is 1.53 bits per heavy atom. The lowest BCUT2D eigenvalue weighted by atomic mass is 10.1. The minimum Gasteiger partial charge on any atom is -0.496 e. The summed E-state index contributed by atoms with van der Waals surface area (Å²) in [6.45, 7) is 0. The summed E-state index contributed by atoms with van der Waals surface area (Å²) in [7, 11) is 1.64. The predicted molar refractivity (Wildman–Crippen MR) is 71.6 cm³/mol. The van der Waals surface area contributed by atoms with Crippen molar-refractivity contribution in [3.8, 4) is 5.75 Å². The number of benzene rings is 1. The first-order valence-corrected chi connectivity index (χ1v) is 6.39. The molecule has 0 aliphatic carbocycles. The fourth-order valence-electron chi connectivity index (χ4n) is 1.57. The monoisotopic (exact) mass is 314 g/mol. The number of aromatic nitrogens is 2. The third-order valence-corrected chi connectivity index (χ3v) is 3.49. The second-order valence-electron chi connectivity index (χ2n) is 3.60. The van der Waals surface area contributed by atoms with Crippen LogP contribution in [0.5, 0.6) is 5.75 Å². The Kier molecular flexibility index (Phi) is 4.07. The summed E-state index contributed by atoms with van der Waals surface area (Å²) in [5.74, 6) is 1.69.